The number of esters is 1. The monoisotopic (exact) mass is 334 g/mol. The van der Waals surface area contributed by atoms with E-state index >= 15 is 0 Å². The summed E-state index contributed by atoms with van der Waals surface area (Å²) in [6.07, 6.45) is 0.608. The van der Waals surface area contributed by atoms with Crippen molar-refractivity contribution >= 4 is 17.8 Å². The van der Waals surface area contributed by atoms with E-state index in [1.165, 1.54) is 7.11 Å². The van der Waals surface area contributed by atoms with Crippen molar-refractivity contribution in [2.24, 2.45) is 5.92 Å². The van der Waals surface area contributed by atoms with Gasteiger partial charge in [0.1, 0.15) is 6.04 Å². The summed E-state index contributed by atoms with van der Waals surface area (Å²) in [6, 6.07) is 6.56. The summed E-state index contributed by atoms with van der Waals surface area (Å²) >= 11 is 0. The van der Waals surface area contributed by atoms with Gasteiger partial charge in [-0.05, 0) is 31.4 Å². The van der Waals surface area contributed by atoms with Crippen LogP contribution in [0.2, 0.25) is 0 Å². The molecule has 0 fully saturated rings. The van der Waals surface area contributed by atoms with Crippen LogP contribution in [-0.2, 0) is 14.3 Å². The molecule has 24 heavy (non-hydrogen) atoms. The van der Waals surface area contributed by atoms with Gasteiger partial charge in [0.05, 0.1) is 7.11 Å². The van der Waals surface area contributed by atoms with Crippen LogP contribution in [0.25, 0.3) is 0 Å². The average molecular weight is 334 g/mol. The number of benzene rings is 1. The van der Waals surface area contributed by atoms with Crippen molar-refractivity contribution in [1.82, 2.24) is 10.6 Å². The first-order chi connectivity index (χ1) is 11.3. The van der Waals surface area contributed by atoms with Gasteiger partial charge in [0, 0.05) is 18.5 Å². The normalized spacial score (nSPS) is 11.7. The van der Waals surface area contributed by atoms with Crippen LogP contribution in [0.5, 0.6) is 0 Å². The van der Waals surface area contributed by atoms with Crippen molar-refractivity contribution < 1.29 is 19.1 Å². The van der Waals surface area contributed by atoms with Crippen LogP contribution in [-0.4, -0.2) is 37.5 Å². The third kappa shape index (κ3) is 6.81. The van der Waals surface area contributed by atoms with Crippen LogP contribution < -0.4 is 10.6 Å². The standard InChI is InChI=1S/C18H26N2O4/c1-12(2)10-15(18(23)24-4)20-16(21)8-9-19-17(22)14-7-5-6-13(3)11-14/h5-7,11-12,15H,8-10H2,1-4H3,(H,19,22)(H,20,21)/t15-/m0/s1. The molecule has 0 aromatic heterocycles. The fourth-order valence-corrected chi connectivity index (χ4v) is 2.27. The van der Waals surface area contributed by atoms with Crippen LogP contribution in [0.3, 0.4) is 0 Å². The lowest BCUT2D eigenvalue weighted by Crippen LogP contribution is -2.43. The summed E-state index contributed by atoms with van der Waals surface area (Å²) < 4.78 is 4.70. The molecule has 6 nitrogen and oxygen atoms in total. The van der Waals surface area contributed by atoms with Crippen LogP contribution in [0.1, 0.15) is 42.6 Å². The van der Waals surface area contributed by atoms with E-state index in [4.69, 9.17) is 4.74 Å². The first kappa shape index (κ1) is 19.7. The molecule has 1 atom stereocenters. The molecule has 0 spiro atoms. The van der Waals surface area contributed by atoms with E-state index in [-0.39, 0.29) is 30.7 Å². The van der Waals surface area contributed by atoms with Gasteiger partial charge < -0.3 is 15.4 Å². The quantitative estimate of drug-likeness (QED) is 0.710. The molecule has 0 aliphatic heterocycles. The summed E-state index contributed by atoms with van der Waals surface area (Å²) in [7, 11) is 1.30. The summed E-state index contributed by atoms with van der Waals surface area (Å²) in [5.74, 6) is -0.731. The highest BCUT2D eigenvalue weighted by Crippen LogP contribution is 2.07. The number of rotatable bonds is 8. The fraction of sp³-hybridized carbons (Fsp3) is 0.500. The molecule has 1 rings (SSSR count). The maximum atomic E-state index is 12.0. The third-order valence-corrected chi connectivity index (χ3v) is 3.45. The summed E-state index contributed by atoms with van der Waals surface area (Å²) in [5.41, 5.74) is 1.55. The lowest BCUT2D eigenvalue weighted by molar-refractivity contribution is -0.145. The van der Waals surface area contributed by atoms with Gasteiger partial charge in [-0.15, -0.1) is 0 Å². The second-order valence-corrected chi connectivity index (χ2v) is 6.15. The smallest absolute Gasteiger partial charge is 0.328 e. The Balaban J connectivity index is 2.44. The minimum atomic E-state index is -0.657. The van der Waals surface area contributed by atoms with E-state index in [2.05, 4.69) is 10.6 Å². The van der Waals surface area contributed by atoms with Gasteiger partial charge in [-0.3, -0.25) is 9.59 Å². The minimum Gasteiger partial charge on any atom is -0.467 e. The Morgan fingerprint density at radius 2 is 1.92 bits per heavy atom. The predicted molar refractivity (Wildman–Crippen MR) is 91.5 cm³/mol. The van der Waals surface area contributed by atoms with Crippen molar-refractivity contribution in [3.05, 3.63) is 35.4 Å². The number of aryl methyl sites for hydroxylation is 1. The van der Waals surface area contributed by atoms with Crippen molar-refractivity contribution in [2.45, 2.75) is 39.7 Å². The SMILES string of the molecule is COC(=O)[C@H](CC(C)C)NC(=O)CCNC(=O)c1cccc(C)c1. The minimum absolute atomic E-state index is 0.100. The Hall–Kier alpha value is -2.37. The molecular weight excluding hydrogens is 308 g/mol. The molecule has 0 aliphatic rings. The summed E-state index contributed by atoms with van der Waals surface area (Å²) in [5, 5.41) is 5.36. The second kappa shape index (κ2) is 9.70. The van der Waals surface area contributed by atoms with Gasteiger partial charge in [-0.25, -0.2) is 4.79 Å². The van der Waals surface area contributed by atoms with E-state index in [0.29, 0.717) is 12.0 Å². The zero-order chi connectivity index (χ0) is 18.1. The number of methoxy groups -OCH3 is 1. The maximum Gasteiger partial charge on any atom is 0.328 e. The molecule has 1 aromatic carbocycles. The van der Waals surface area contributed by atoms with Gasteiger partial charge in [0.15, 0.2) is 0 Å². The number of hydrogen-bond acceptors (Lipinski definition) is 4. The van der Waals surface area contributed by atoms with Crippen LogP contribution in [0.15, 0.2) is 24.3 Å². The van der Waals surface area contributed by atoms with Crippen LogP contribution in [0.4, 0.5) is 0 Å². The highest BCUT2D eigenvalue weighted by Gasteiger charge is 2.22. The third-order valence-electron chi connectivity index (χ3n) is 3.45. The number of carbonyl (C=O) groups is 3. The zero-order valence-electron chi connectivity index (χ0n) is 14.7. The van der Waals surface area contributed by atoms with E-state index in [0.717, 1.165) is 5.56 Å². The van der Waals surface area contributed by atoms with E-state index in [1.54, 1.807) is 12.1 Å². The topological polar surface area (TPSA) is 84.5 Å². The van der Waals surface area contributed by atoms with Gasteiger partial charge in [-0.2, -0.15) is 0 Å². The van der Waals surface area contributed by atoms with Crippen molar-refractivity contribution in [1.29, 1.82) is 0 Å². The molecule has 0 saturated heterocycles. The molecule has 0 unspecified atom stereocenters. The molecule has 0 heterocycles. The molecular formula is C18H26N2O4. The number of carbonyl (C=O) groups excluding carboxylic acids is 3. The molecule has 2 amide bonds. The van der Waals surface area contributed by atoms with Crippen LogP contribution in [0, 0.1) is 12.8 Å². The number of nitrogens with one attached hydrogen (secondary N) is 2. The molecule has 0 saturated carbocycles. The summed E-state index contributed by atoms with van der Waals surface area (Å²) in [4.78, 5) is 35.6. The average Bonchev–Trinajstić information content (AvgIpc) is 2.52. The molecule has 132 valence electrons. The highest BCUT2D eigenvalue weighted by atomic mass is 16.5. The highest BCUT2D eigenvalue weighted by molar-refractivity contribution is 5.94. The Morgan fingerprint density at radius 3 is 2.50 bits per heavy atom. The van der Waals surface area contributed by atoms with Gasteiger partial charge in [0.2, 0.25) is 5.91 Å². The molecule has 0 aliphatic carbocycles. The second-order valence-electron chi connectivity index (χ2n) is 6.15. The first-order valence-corrected chi connectivity index (χ1v) is 8.05. The van der Waals surface area contributed by atoms with E-state index < -0.39 is 12.0 Å². The fourth-order valence-electron chi connectivity index (χ4n) is 2.27. The zero-order valence-corrected chi connectivity index (χ0v) is 14.7. The predicted octanol–water partition coefficient (Wildman–Crippen LogP) is 1.82. The largest absolute Gasteiger partial charge is 0.467 e. The lowest BCUT2D eigenvalue weighted by atomic mass is 10.0. The van der Waals surface area contributed by atoms with Gasteiger partial charge in [0.25, 0.3) is 5.91 Å². The van der Waals surface area contributed by atoms with Crippen molar-refractivity contribution in [2.75, 3.05) is 13.7 Å². The lowest BCUT2D eigenvalue weighted by Gasteiger charge is -2.18. The molecule has 0 radical (unpaired) electrons. The maximum absolute atomic E-state index is 12.0. The first-order valence-electron chi connectivity index (χ1n) is 8.05. The Bertz CT molecular complexity index is 584. The Morgan fingerprint density at radius 1 is 1.21 bits per heavy atom. The van der Waals surface area contributed by atoms with Crippen molar-refractivity contribution in [3.63, 3.8) is 0 Å². The number of ether oxygens (including phenoxy) is 1. The van der Waals surface area contributed by atoms with E-state index in [1.807, 2.05) is 32.9 Å². The van der Waals surface area contributed by atoms with Crippen molar-refractivity contribution in [3.8, 4) is 0 Å². The van der Waals surface area contributed by atoms with Gasteiger partial charge >= 0.3 is 5.97 Å². The number of hydrogen-bond donors (Lipinski definition) is 2. The summed E-state index contributed by atoms with van der Waals surface area (Å²) in [6.45, 7) is 6.04. The molecule has 6 heteroatoms. The Labute approximate surface area is 143 Å². The molecule has 2 N–H and O–H groups in total. The van der Waals surface area contributed by atoms with Crippen LogP contribution >= 0.6 is 0 Å². The molecule has 0 bridgehead atoms. The Kier molecular flexibility index (Phi) is 7.95. The number of amides is 2. The van der Waals surface area contributed by atoms with E-state index in [9.17, 15) is 14.4 Å². The molecule has 1 aromatic rings. The van der Waals surface area contributed by atoms with Gasteiger partial charge in [-0.1, -0.05) is 31.5 Å².